The molecule has 0 spiro atoms. The Kier molecular flexibility index (Phi) is 5.45. The van der Waals surface area contributed by atoms with Crippen molar-refractivity contribution in [2.24, 2.45) is 0 Å². The molecule has 1 saturated heterocycles. The van der Waals surface area contributed by atoms with Crippen molar-refractivity contribution >= 4 is 51.9 Å². The third kappa shape index (κ3) is 4.14. The molecule has 120 valence electrons. The highest BCUT2D eigenvalue weighted by molar-refractivity contribution is 8.26. The number of amides is 1. The van der Waals surface area contributed by atoms with Crippen molar-refractivity contribution in [2.45, 2.75) is 6.42 Å². The number of carbonyl (C=O) groups excluding carboxylic acids is 2. The fourth-order valence-corrected chi connectivity index (χ4v) is 3.19. The van der Waals surface area contributed by atoms with Crippen LogP contribution >= 0.6 is 24.0 Å². The summed E-state index contributed by atoms with van der Waals surface area (Å²) in [4.78, 5) is 35.4. The van der Waals surface area contributed by atoms with E-state index in [1.807, 2.05) is 0 Å². The van der Waals surface area contributed by atoms with Crippen molar-refractivity contribution in [1.29, 1.82) is 0 Å². The Morgan fingerprint density at radius 3 is 2.91 bits per heavy atom. The fourth-order valence-electron chi connectivity index (χ4n) is 1.88. The Hall–Kier alpha value is -2.26. The van der Waals surface area contributed by atoms with Gasteiger partial charge in [0.05, 0.1) is 23.4 Å². The summed E-state index contributed by atoms with van der Waals surface area (Å²) in [5.74, 6) is -0.753. The van der Waals surface area contributed by atoms with Gasteiger partial charge >= 0.3 is 5.97 Å². The average molecular weight is 352 g/mol. The van der Waals surface area contributed by atoms with Crippen molar-refractivity contribution in [3.8, 4) is 0 Å². The molecule has 0 aromatic heterocycles. The fraction of sp³-hybridized carbons (Fsp3) is 0.214. The zero-order chi connectivity index (χ0) is 17.0. The molecule has 23 heavy (non-hydrogen) atoms. The number of methoxy groups -OCH3 is 1. The van der Waals surface area contributed by atoms with E-state index in [1.54, 1.807) is 18.2 Å². The van der Waals surface area contributed by atoms with E-state index in [2.05, 4.69) is 4.74 Å². The first-order chi connectivity index (χ1) is 10.9. The van der Waals surface area contributed by atoms with Crippen LogP contribution in [-0.2, 0) is 14.3 Å². The van der Waals surface area contributed by atoms with Gasteiger partial charge in [0.15, 0.2) is 0 Å². The Bertz CT molecular complexity index is 717. The summed E-state index contributed by atoms with van der Waals surface area (Å²) in [5.41, 5.74) is 0.479. The quantitative estimate of drug-likeness (QED) is 0.264. The van der Waals surface area contributed by atoms with E-state index in [0.29, 0.717) is 14.8 Å². The Morgan fingerprint density at radius 2 is 2.26 bits per heavy atom. The first kappa shape index (κ1) is 17.1. The van der Waals surface area contributed by atoms with Crippen molar-refractivity contribution < 1.29 is 19.2 Å². The predicted molar refractivity (Wildman–Crippen MR) is 89.6 cm³/mol. The highest BCUT2D eigenvalue weighted by atomic mass is 32.2. The first-order valence-electron chi connectivity index (χ1n) is 6.49. The van der Waals surface area contributed by atoms with Gasteiger partial charge in [-0.3, -0.25) is 24.6 Å². The lowest BCUT2D eigenvalue weighted by molar-refractivity contribution is -0.384. The Morgan fingerprint density at radius 1 is 1.52 bits per heavy atom. The van der Waals surface area contributed by atoms with Crippen LogP contribution in [0.2, 0.25) is 0 Å². The number of rotatable bonds is 5. The van der Waals surface area contributed by atoms with E-state index in [4.69, 9.17) is 12.2 Å². The maximum Gasteiger partial charge on any atom is 0.307 e. The third-order valence-electron chi connectivity index (χ3n) is 3.02. The third-order valence-corrected chi connectivity index (χ3v) is 4.40. The molecule has 7 nitrogen and oxygen atoms in total. The van der Waals surface area contributed by atoms with E-state index >= 15 is 0 Å². The van der Waals surface area contributed by atoms with Gasteiger partial charge in [-0.1, -0.05) is 36.1 Å². The molecule has 0 atom stereocenters. The van der Waals surface area contributed by atoms with Crippen LogP contribution in [0.5, 0.6) is 0 Å². The summed E-state index contributed by atoms with van der Waals surface area (Å²) < 4.78 is 4.88. The number of carbonyl (C=O) groups is 2. The van der Waals surface area contributed by atoms with Gasteiger partial charge in [0.25, 0.3) is 11.6 Å². The SMILES string of the molecule is COC(=O)CCN1C(=O)/C(=C\c2cccc([N+](=O)[O-])c2)SC1=S. The normalized spacial score (nSPS) is 16.0. The lowest BCUT2D eigenvalue weighted by Gasteiger charge is -2.12. The summed E-state index contributed by atoms with van der Waals surface area (Å²) in [6, 6.07) is 5.95. The van der Waals surface area contributed by atoms with Gasteiger partial charge in [0.2, 0.25) is 0 Å². The summed E-state index contributed by atoms with van der Waals surface area (Å²) in [6.07, 6.45) is 1.59. The number of nitro groups is 1. The number of benzene rings is 1. The molecule has 1 aromatic rings. The molecule has 0 radical (unpaired) electrons. The van der Waals surface area contributed by atoms with Crippen LogP contribution in [0.4, 0.5) is 5.69 Å². The highest BCUT2D eigenvalue weighted by Gasteiger charge is 2.32. The Labute approximate surface area is 141 Å². The molecule has 1 amide bonds. The minimum Gasteiger partial charge on any atom is -0.469 e. The van der Waals surface area contributed by atoms with E-state index in [9.17, 15) is 19.7 Å². The molecule has 2 rings (SSSR count). The zero-order valence-corrected chi connectivity index (χ0v) is 13.7. The molecule has 1 aromatic carbocycles. The number of ether oxygens (including phenoxy) is 1. The lowest BCUT2D eigenvalue weighted by Crippen LogP contribution is -2.30. The molecule has 0 aliphatic carbocycles. The van der Waals surface area contributed by atoms with Gasteiger partial charge in [-0.25, -0.2) is 0 Å². The van der Waals surface area contributed by atoms with E-state index < -0.39 is 10.9 Å². The van der Waals surface area contributed by atoms with Gasteiger partial charge in [-0.2, -0.15) is 0 Å². The predicted octanol–water partition coefficient (Wildman–Crippen LogP) is 2.36. The van der Waals surface area contributed by atoms with Crippen LogP contribution in [0.25, 0.3) is 6.08 Å². The Balaban J connectivity index is 2.16. The molecule has 9 heteroatoms. The van der Waals surface area contributed by atoms with Gasteiger partial charge in [0.1, 0.15) is 4.32 Å². The smallest absolute Gasteiger partial charge is 0.307 e. The van der Waals surface area contributed by atoms with E-state index in [1.165, 1.54) is 24.1 Å². The summed E-state index contributed by atoms with van der Waals surface area (Å²) in [7, 11) is 1.27. The largest absolute Gasteiger partial charge is 0.469 e. The molecule has 1 heterocycles. The molecule has 1 aliphatic heterocycles. The van der Waals surface area contributed by atoms with Gasteiger partial charge in [0, 0.05) is 18.7 Å². The van der Waals surface area contributed by atoms with Crippen molar-refractivity contribution in [2.75, 3.05) is 13.7 Å². The molecule has 0 unspecified atom stereocenters. The van der Waals surface area contributed by atoms with Crippen LogP contribution in [0.15, 0.2) is 29.2 Å². The van der Waals surface area contributed by atoms with Crippen LogP contribution in [0.3, 0.4) is 0 Å². The maximum absolute atomic E-state index is 12.3. The molecular formula is C14H12N2O5S2. The summed E-state index contributed by atoms with van der Waals surface area (Å²) in [6.45, 7) is 0.142. The number of nitrogens with zero attached hydrogens (tertiary/aromatic N) is 2. The average Bonchev–Trinajstić information content (AvgIpc) is 2.79. The zero-order valence-electron chi connectivity index (χ0n) is 12.1. The number of thiocarbonyl (C=S) groups is 1. The standard InChI is InChI=1S/C14H12N2O5S2/c1-21-12(17)5-6-15-13(18)11(23-14(15)22)8-9-3-2-4-10(7-9)16(19)20/h2-4,7-8H,5-6H2,1H3/b11-8+. The van der Waals surface area contributed by atoms with Crippen LogP contribution < -0.4 is 0 Å². The van der Waals surface area contributed by atoms with Gasteiger partial charge in [-0.15, -0.1) is 0 Å². The summed E-state index contributed by atoms with van der Waals surface area (Å²) >= 11 is 6.23. The minimum absolute atomic E-state index is 0.0486. The van der Waals surface area contributed by atoms with E-state index in [-0.39, 0.29) is 24.6 Å². The number of thioether (sulfide) groups is 1. The molecule has 0 N–H and O–H groups in total. The number of nitro benzene ring substituents is 1. The monoisotopic (exact) mass is 352 g/mol. The van der Waals surface area contributed by atoms with Crippen molar-refractivity contribution in [3.63, 3.8) is 0 Å². The lowest BCUT2D eigenvalue weighted by atomic mass is 10.2. The molecule has 1 aliphatic rings. The molecule has 0 saturated carbocycles. The minimum atomic E-state index is -0.501. The van der Waals surface area contributed by atoms with Crippen LogP contribution in [0, 0.1) is 10.1 Å². The molecule has 0 bridgehead atoms. The molecule has 1 fully saturated rings. The first-order valence-corrected chi connectivity index (χ1v) is 7.71. The number of esters is 1. The summed E-state index contributed by atoms with van der Waals surface area (Å²) in [5, 5.41) is 10.8. The van der Waals surface area contributed by atoms with E-state index in [0.717, 1.165) is 11.8 Å². The number of non-ortho nitro benzene ring substituents is 1. The van der Waals surface area contributed by atoms with Crippen LogP contribution in [-0.4, -0.2) is 39.7 Å². The number of hydrogen-bond acceptors (Lipinski definition) is 7. The molecular weight excluding hydrogens is 340 g/mol. The van der Waals surface area contributed by atoms with Crippen molar-refractivity contribution in [1.82, 2.24) is 4.90 Å². The second kappa shape index (κ2) is 7.34. The van der Waals surface area contributed by atoms with Crippen molar-refractivity contribution in [3.05, 3.63) is 44.8 Å². The topological polar surface area (TPSA) is 89.8 Å². The number of hydrogen-bond donors (Lipinski definition) is 0. The highest BCUT2D eigenvalue weighted by Crippen LogP contribution is 2.33. The van der Waals surface area contributed by atoms with Gasteiger partial charge < -0.3 is 4.74 Å². The maximum atomic E-state index is 12.3. The van der Waals surface area contributed by atoms with Crippen LogP contribution in [0.1, 0.15) is 12.0 Å². The second-order valence-corrected chi connectivity index (χ2v) is 6.19. The van der Waals surface area contributed by atoms with Gasteiger partial charge in [-0.05, 0) is 11.6 Å². The second-order valence-electron chi connectivity index (χ2n) is 4.51.